The van der Waals surface area contributed by atoms with Gasteiger partial charge in [0.2, 0.25) is 0 Å². The van der Waals surface area contributed by atoms with E-state index in [1.54, 1.807) is 0 Å². The molecule has 0 aliphatic heterocycles. The number of para-hydroxylation sites is 1. The number of aromatic nitrogens is 1. The molecule has 1 nitrogen and oxygen atoms in total. The Labute approximate surface area is 143 Å². The van der Waals surface area contributed by atoms with E-state index in [4.69, 9.17) is 35.1 Å². The molecule has 0 unspecified atom stereocenters. The number of nitrogens with one attached hydrogen (secondary N) is 1. The quantitative estimate of drug-likeness (QED) is 0.518. The van der Waals surface area contributed by atoms with Crippen LogP contribution in [0.15, 0.2) is 48.5 Å². The van der Waals surface area contributed by atoms with Crippen LogP contribution < -0.4 is 16.4 Å². The van der Waals surface area contributed by atoms with Crippen molar-refractivity contribution in [3.8, 4) is 11.1 Å². The van der Waals surface area contributed by atoms with Gasteiger partial charge in [-0.25, -0.2) is 0 Å². The lowest BCUT2D eigenvalue weighted by Gasteiger charge is -2.10. The van der Waals surface area contributed by atoms with Gasteiger partial charge in [0, 0.05) is 26.9 Å². The molecule has 0 aliphatic carbocycles. The number of hydrogen-bond acceptors (Lipinski definition) is 0. The van der Waals surface area contributed by atoms with Crippen molar-refractivity contribution in [1.82, 2.24) is 4.98 Å². The first-order valence-electron chi connectivity index (χ1n) is 7.21. The van der Waals surface area contributed by atoms with E-state index in [1.165, 1.54) is 0 Å². The van der Waals surface area contributed by atoms with Crippen LogP contribution in [-0.2, 0) is 0 Å². The second-order valence-electron chi connectivity index (χ2n) is 5.52. The van der Waals surface area contributed by atoms with Crippen molar-refractivity contribution in [3.05, 3.63) is 53.6 Å². The summed E-state index contributed by atoms with van der Waals surface area (Å²) >= 11 is 6.23. The van der Waals surface area contributed by atoms with E-state index < -0.39 is 0 Å². The van der Waals surface area contributed by atoms with E-state index in [9.17, 15) is 0 Å². The maximum absolute atomic E-state index is 6.23. The zero-order chi connectivity index (χ0) is 16.1. The second-order valence-corrected chi connectivity index (χ2v) is 5.90. The van der Waals surface area contributed by atoms with Gasteiger partial charge in [-0.3, -0.25) is 0 Å². The van der Waals surface area contributed by atoms with E-state index in [0.717, 1.165) is 32.9 Å². The van der Waals surface area contributed by atoms with Gasteiger partial charge in [0.1, 0.15) is 23.5 Å². The number of aromatic amines is 1. The number of hydrogen-bond donors (Lipinski definition) is 1. The molecule has 5 heteroatoms. The third kappa shape index (κ3) is 2.05. The lowest BCUT2D eigenvalue weighted by Crippen LogP contribution is -2.32. The van der Waals surface area contributed by atoms with E-state index >= 15 is 0 Å². The first kappa shape index (κ1) is 14.5. The van der Waals surface area contributed by atoms with Crippen molar-refractivity contribution >= 4 is 73.3 Å². The topological polar surface area (TPSA) is 15.8 Å². The molecule has 102 valence electrons. The SMILES string of the molecule is [B]c1c(Cl)c([B])c2c([nH]c3c(-c4ccccc4)cccc32)c1[B]. The van der Waals surface area contributed by atoms with Crippen LogP contribution in [0.5, 0.6) is 0 Å². The molecule has 0 spiro atoms. The van der Waals surface area contributed by atoms with E-state index in [2.05, 4.69) is 23.2 Å². The lowest BCUT2D eigenvalue weighted by molar-refractivity contribution is 1.55. The van der Waals surface area contributed by atoms with Gasteiger partial charge in [-0.1, -0.05) is 76.5 Å². The Morgan fingerprint density at radius 2 is 1.48 bits per heavy atom. The van der Waals surface area contributed by atoms with Gasteiger partial charge in [-0.15, -0.1) is 0 Å². The van der Waals surface area contributed by atoms with Gasteiger partial charge >= 0.3 is 0 Å². The molecule has 1 aromatic heterocycles. The third-order valence-corrected chi connectivity index (χ3v) is 4.63. The van der Waals surface area contributed by atoms with Gasteiger partial charge in [0.25, 0.3) is 0 Å². The molecule has 0 atom stereocenters. The monoisotopic (exact) mass is 307 g/mol. The fourth-order valence-electron chi connectivity index (χ4n) is 3.07. The summed E-state index contributed by atoms with van der Waals surface area (Å²) in [5, 5.41) is 2.10. The standard InChI is InChI=1S/C18H9B3ClN/c19-13-12-11-8-4-7-10(9-5-2-1-3-6-9)17(11)23-18(12)15(21)14(20)16(13)22/h1-8,23H. The highest BCUT2D eigenvalue weighted by Crippen LogP contribution is 2.32. The summed E-state index contributed by atoms with van der Waals surface area (Å²) in [6, 6.07) is 16.2. The summed E-state index contributed by atoms with van der Waals surface area (Å²) in [5.74, 6) is 0. The normalized spacial score (nSPS) is 11.3. The smallest absolute Gasteiger partial charge is 0.116 e. The van der Waals surface area contributed by atoms with E-state index in [-0.39, 0.29) is 0 Å². The number of fused-ring (bicyclic) bond motifs is 3. The van der Waals surface area contributed by atoms with Crippen LogP contribution >= 0.6 is 11.6 Å². The van der Waals surface area contributed by atoms with Crippen LogP contribution in [0.2, 0.25) is 5.02 Å². The highest BCUT2D eigenvalue weighted by molar-refractivity contribution is 6.64. The Balaban J connectivity index is 2.19. The van der Waals surface area contributed by atoms with Gasteiger partial charge in [0.15, 0.2) is 0 Å². The molecule has 0 aliphatic rings. The van der Waals surface area contributed by atoms with Crippen molar-refractivity contribution in [2.45, 2.75) is 0 Å². The van der Waals surface area contributed by atoms with E-state index in [0.29, 0.717) is 21.4 Å². The summed E-state index contributed by atoms with van der Waals surface area (Å²) in [5.41, 5.74) is 5.06. The summed E-state index contributed by atoms with van der Waals surface area (Å²) < 4.78 is 0. The molecule has 0 fully saturated rings. The highest BCUT2D eigenvalue weighted by Gasteiger charge is 2.16. The molecule has 0 amide bonds. The summed E-state index contributed by atoms with van der Waals surface area (Å²) in [6.45, 7) is 0. The fourth-order valence-corrected chi connectivity index (χ4v) is 3.26. The zero-order valence-electron chi connectivity index (χ0n) is 12.2. The summed E-state index contributed by atoms with van der Waals surface area (Å²) in [7, 11) is 18.3. The van der Waals surface area contributed by atoms with Crippen molar-refractivity contribution in [1.29, 1.82) is 0 Å². The van der Waals surface area contributed by atoms with Crippen LogP contribution in [0.3, 0.4) is 0 Å². The summed E-state index contributed by atoms with van der Waals surface area (Å²) in [4.78, 5) is 3.38. The molecule has 4 aromatic rings. The molecule has 6 radical (unpaired) electrons. The maximum Gasteiger partial charge on any atom is 0.116 e. The van der Waals surface area contributed by atoms with Gasteiger partial charge in [-0.05, 0) is 5.56 Å². The van der Waals surface area contributed by atoms with Crippen LogP contribution in [0.1, 0.15) is 0 Å². The van der Waals surface area contributed by atoms with Gasteiger partial charge < -0.3 is 4.98 Å². The lowest BCUT2D eigenvalue weighted by atomic mass is 9.74. The molecule has 4 rings (SSSR count). The van der Waals surface area contributed by atoms with Crippen molar-refractivity contribution in [2.24, 2.45) is 0 Å². The Morgan fingerprint density at radius 1 is 0.739 bits per heavy atom. The fraction of sp³-hybridized carbons (Fsp3) is 0. The van der Waals surface area contributed by atoms with Crippen LogP contribution in [0, 0.1) is 0 Å². The predicted molar refractivity (Wildman–Crippen MR) is 102 cm³/mol. The largest absolute Gasteiger partial charge is 0.355 e. The molecule has 1 N–H and O–H groups in total. The Hall–Kier alpha value is -2.06. The highest BCUT2D eigenvalue weighted by atomic mass is 35.5. The predicted octanol–water partition coefficient (Wildman–Crippen LogP) is 2.02. The van der Waals surface area contributed by atoms with Gasteiger partial charge in [-0.2, -0.15) is 0 Å². The number of H-pyrrole nitrogens is 1. The number of rotatable bonds is 1. The average Bonchev–Trinajstić information content (AvgIpc) is 2.98. The molecule has 3 aromatic carbocycles. The van der Waals surface area contributed by atoms with E-state index in [1.807, 2.05) is 30.3 Å². The molecular formula is C18H9B3ClN. The van der Waals surface area contributed by atoms with Crippen LogP contribution in [0.25, 0.3) is 32.9 Å². The van der Waals surface area contributed by atoms with Crippen molar-refractivity contribution < 1.29 is 0 Å². The first-order chi connectivity index (χ1) is 11.1. The molecule has 0 saturated heterocycles. The van der Waals surface area contributed by atoms with Crippen LogP contribution in [0.4, 0.5) is 0 Å². The molecule has 1 heterocycles. The number of benzene rings is 3. The minimum Gasteiger partial charge on any atom is -0.355 e. The van der Waals surface area contributed by atoms with Crippen molar-refractivity contribution in [3.63, 3.8) is 0 Å². The minimum atomic E-state index is 0.306. The second kappa shape index (κ2) is 5.24. The molecular weight excluding hydrogens is 298 g/mol. The van der Waals surface area contributed by atoms with Crippen LogP contribution in [-0.4, -0.2) is 28.5 Å². The molecule has 23 heavy (non-hydrogen) atoms. The Bertz CT molecular complexity index is 1050. The molecule has 0 saturated carbocycles. The zero-order valence-corrected chi connectivity index (χ0v) is 13.0. The number of halogens is 1. The first-order valence-corrected chi connectivity index (χ1v) is 7.59. The third-order valence-electron chi connectivity index (χ3n) is 4.22. The minimum absolute atomic E-state index is 0.306. The maximum atomic E-state index is 6.23. The Morgan fingerprint density at radius 3 is 2.22 bits per heavy atom. The Kier molecular flexibility index (Phi) is 3.31. The summed E-state index contributed by atoms with van der Waals surface area (Å²) in [6.07, 6.45) is 0. The average molecular weight is 307 g/mol. The molecule has 0 bridgehead atoms. The van der Waals surface area contributed by atoms with Crippen molar-refractivity contribution in [2.75, 3.05) is 0 Å². The van der Waals surface area contributed by atoms with Gasteiger partial charge in [0.05, 0.1) is 5.52 Å².